The van der Waals surface area contributed by atoms with Crippen molar-refractivity contribution in [1.29, 1.82) is 0 Å². The lowest BCUT2D eigenvalue weighted by atomic mass is 9.96. The summed E-state index contributed by atoms with van der Waals surface area (Å²) in [7, 11) is 1.66. The van der Waals surface area contributed by atoms with Gasteiger partial charge in [0.15, 0.2) is 0 Å². The molecule has 0 fully saturated rings. The first kappa shape index (κ1) is 12.4. The number of benzene rings is 1. The van der Waals surface area contributed by atoms with Crippen LogP contribution in [0.1, 0.15) is 42.0 Å². The van der Waals surface area contributed by atoms with Gasteiger partial charge in [-0.1, -0.05) is 12.5 Å². The Balaban J connectivity index is 2.42. The van der Waals surface area contributed by atoms with E-state index in [0.717, 1.165) is 24.2 Å². The molecule has 1 atom stereocenters. The fraction of sp³-hybridized carbons (Fsp3) is 0.571. The third-order valence-electron chi connectivity index (χ3n) is 3.54. The van der Waals surface area contributed by atoms with Crippen LogP contribution in [0.3, 0.4) is 0 Å². The third-order valence-corrected chi connectivity index (χ3v) is 3.54. The highest BCUT2D eigenvalue weighted by Gasteiger charge is 2.16. The number of fused-ring (bicyclic) bond motifs is 1. The lowest BCUT2D eigenvalue weighted by molar-refractivity contribution is 0.264. The summed E-state index contributed by atoms with van der Waals surface area (Å²) < 4.78 is 5.38. The number of nitrogens with two attached hydrogens (primary N) is 1. The molecule has 0 amide bonds. The Bertz CT molecular complexity index is 390. The molecular weight excluding hydrogens is 214 g/mol. The Morgan fingerprint density at radius 2 is 1.88 bits per heavy atom. The minimum atomic E-state index is -0.349. The number of hydrogen-bond donors (Lipinski definition) is 2. The number of aryl methyl sites for hydroxylation is 2. The zero-order valence-electron chi connectivity index (χ0n) is 10.4. The maximum Gasteiger partial charge on any atom is 0.124 e. The van der Waals surface area contributed by atoms with Crippen molar-refractivity contribution in [2.75, 3.05) is 13.7 Å². The molecule has 1 aliphatic rings. The van der Waals surface area contributed by atoms with Gasteiger partial charge in [0.1, 0.15) is 5.75 Å². The molecule has 1 unspecified atom stereocenters. The second kappa shape index (κ2) is 5.52. The summed E-state index contributed by atoms with van der Waals surface area (Å²) in [5, 5.41) is 9.19. The summed E-state index contributed by atoms with van der Waals surface area (Å²) in [6, 6.07) is 3.88. The van der Waals surface area contributed by atoms with Crippen LogP contribution in [0, 0.1) is 0 Å². The van der Waals surface area contributed by atoms with E-state index in [1.807, 2.05) is 0 Å². The molecule has 1 aromatic carbocycles. The van der Waals surface area contributed by atoms with Crippen LogP contribution in [0.2, 0.25) is 0 Å². The maximum atomic E-state index is 9.19. The normalized spacial score (nSPS) is 17.1. The number of hydrogen-bond acceptors (Lipinski definition) is 3. The van der Waals surface area contributed by atoms with Crippen molar-refractivity contribution in [3.63, 3.8) is 0 Å². The highest BCUT2D eigenvalue weighted by Crippen LogP contribution is 2.31. The Hall–Kier alpha value is -1.06. The molecule has 1 aromatic rings. The van der Waals surface area contributed by atoms with E-state index in [1.54, 1.807) is 7.11 Å². The van der Waals surface area contributed by atoms with Gasteiger partial charge < -0.3 is 15.6 Å². The topological polar surface area (TPSA) is 55.5 Å². The van der Waals surface area contributed by atoms with Gasteiger partial charge in [-0.3, -0.25) is 0 Å². The molecular formula is C14H21NO2. The summed E-state index contributed by atoms with van der Waals surface area (Å²) in [4.78, 5) is 0. The van der Waals surface area contributed by atoms with Gasteiger partial charge in [0.05, 0.1) is 19.8 Å². The van der Waals surface area contributed by atoms with Gasteiger partial charge in [-0.2, -0.15) is 0 Å². The Morgan fingerprint density at radius 1 is 1.24 bits per heavy atom. The quantitative estimate of drug-likeness (QED) is 0.787. The van der Waals surface area contributed by atoms with Crippen molar-refractivity contribution < 1.29 is 9.84 Å². The van der Waals surface area contributed by atoms with E-state index in [-0.39, 0.29) is 12.6 Å². The molecule has 17 heavy (non-hydrogen) atoms. The zero-order valence-corrected chi connectivity index (χ0v) is 10.4. The molecule has 1 aliphatic carbocycles. The van der Waals surface area contributed by atoms with E-state index >= 15 is 0 Å². The molecule has 3 nitrogen and oxygen atoms in total. The van der Waals surface area contributed by atoms with Crippen LogP contribution in [0.25, 0.3) is 0 Å². The van der Waals surface area contributed by atoms with Gasteiger partial charge in [-0.15, -0.1) is 0 Å². The fourth-order valence-corrected chi connectivity index (χ4v) is 2.52. The highest BCUT2D eigenvalue weighted by atomic mass is 16.5. The Labute approximate surface area is 103 Å². The lowest BCUT2D eigenvalue weighted by Gasteiger charge is -2.17. The van der Waals surface area contributed by atoms with Crippen molar-refractivity contribution in [2.45, 2.75) is 38.1 Å². The molecule has 2 rings (SSSR count). The number of methoxy groups -OCH3 is 1. The van der Waals surface area contributed by atoms with Gasteiger partial charge in [-0.05, 0) is 42.9 Å². The first-order valence-electron chi connectivity index (χ1n) is 6.32. The Kier molecular flexibility index (Phi) is 4.02. The van der Waals surface area contributed by atoms with Crippen molar-refractivity contribution in [3.05, 3.63) is 28.8 Å². The standard InChI is InChI=1S/C14H21NO2/c1-17-14-8-11-6-4-2-3-5-10(11)7-12(14)13(15)9-16/h7-8,13,16H,2-6,9,15H2,1H3. The van der Waals surface area contributed by atoms with Crippen LogP contribution < -0.4 is 10.5 Å². The van der Waals surface area contributed by atoms with Crippen LogP contribution in [-0.2, 0) is 12.8 Å². The molecule has 0 radical (unpaired) electrons. The Morgan fingerprint density at radius 3 is 2.47 bits per heavy atom. The predicted octanol–water partition coefficient (Wildman–Crippen LogP) is 1.96. The number of ether oxygens (including phenoxy) is 1. The minimum absolute atomic E-state index is 0.0465. The molecule has 94 valence electrons. The average Bonchev–Trinajstić information content (AvgIpc) is 2.60. The summed E-state index contributed by atoms with van der Waals surface area (Å²) in [6.07, 6.45) is 6.03. The molecule has 0 heterocycles. The average molecular weight is 235 g/mol. The van der Waals surface area contributed by atoms with E-state index < -0.39 is 0 Å². The van der Waals surface area contributed by atoms with E-state index in [2.05, 4.69) is 12.1 Å². The van der Waals surface area contributed by atoms with Crippen molar-refractivity contribution >= 4 is 0 Å². The second-order valence-corrected chi connectivity index (χ2v) is 4.71. The summed E-state index contributed by atoms with van der Waals surface area (Å²) in [5.74, 6) is 0.812. The smallest absolute Gasteiger partial charge is 0.124 e. The van der Waals surface area contributed by atoms with Gasteiger partial charge >= 0.3 is 0 Å². The van der Waals surface area contributed by atoms with Gasteiger partial charge in [0.2, 0.25) is 0 Å². The zero-order chi connectivity index (χ0) is 12.3. The fourth-order valence-electron chi connectivity index (χ4n) is 2.52. The van der Waals surface area contributed by atoms with E-state index in [9.17, 15) is 5.11 Å². The maximum absolute atomic E-state index is 9.19. The number of aliphatic hydroxyl groups excluding tert-OH is 1. The van der Waals surface area contributed by atoms with Gasteiger partial charge in [-0.25, -0.2) is 0 Å². The monoisotopic (exact) mass is 235 g/mol. The lowest BCUT2D eigenvalue weighted by Crippen LogP contribution is -2.16. The third kappa shape index (κ3) is 2.61. The van der Waals surface area contributed by atoms with Crippen LogP contribution >= 0.6 is 0 Å². The van der Waals surface area contributed by atoms with E-state index in [0.29, 0.717) is 0 Å². The molecule has 3 N–H and O–H groups in total. The van der Waals surface area contributed by atoms with Crippen LogP contribution in [0.5, 0.6) is 5.75 Å². The summed E-state index contributed by atoms with van der Waals surface area (Å²) >= 11 is 0. The summed E-state index contributed by atoms with van der Waals surface area (Å²) in [6.45, 7) is -0.0465. The first-order chi connectivity index (χ1) is 8.26. The van der Waals surface area contributed by atoms with Gasteiger partial charge in [0.25, 0.3) is 0 Å². The summed E-state index contributed by atoms with van der Waals surface area (Å²) in [5.41, 5.74) is 9.60. The van der Waals surface area contributed by atoms with Crippen molar-refractivity contribution in [2.24, 2.45) is 5.73 Å². The molecule has 0 saturated carbocycles. The highest BCUT2D eigenvalue weighted by molar-refractivity contribution is 5.45. The second-order valence-electron chi connectivity index (χ2n) is 4.71. The van der Waals surface area contributed by atoms with Crippen LogP contribution in [-0.4, -0.2) is 18.8 Å². The number of aliphatic hydroxyl groups is 1. The molecule has 0 aliphatic heterocycles. The van der Waals surface area contributed by atoms with E-state index in [1.165, 1.54) is 30.4 Å². The molecule has 3 heteroatoms. The van der Waals surface area contributed by atoms with Gasteiger partial charge in [0, 0.05) is 5.56 Å². The van der Waals surface area contributed by atoms with E-state index in [4.69, 9.17) is 10.5 Å². The minimum Gasteiger partial charge on any atom is -0.496 e. The van der Waals surface area contributed by atoms with Crippen molar-refractivity contribution in [1.82, 2.24) is 0 Å². The SMILES string of the molecule is COc1cc2c(cc1C(N)CO)CCCCC2. The van der Waals surface area contributed by atoms with Crippen LogP contribution in [0.15, 0.2) is 12.1 Å². The van der Waals surface area contributed by atoms with Crippen molar-refractivity contribution in [3.8, 4) is 5.75 Å². The molecule has 0 saturated heterocycles. The predicted molar refractivity (Wildman–Crippen MR) is 68.3 cm³/mol. The number of rotatable bonds is 3. The molecule has 0 aromatic heterocycles. The molecule has 0 spiro atoms. The molecule has 0 bridgehead atoms. The first-order valence-corrected chi connectivity index (χ1v) is 6.32. The van der Waals surface area contributed by atoms with Crippen LogP contribution in [0.4, 0.5) is 0 Å². The largest absolute Gasteiger partial charge is 0.496 e.